The van der Waals surface area contributed by atoms with Crippen molar-refractivity contribution in [1.82, 2.24) is 4.72 Å². The highest BCUT2D eigenvalue weighted by Gasteiger charge is 2.26. The summed E-state index contributed by atoms with van der Waals surface area (Å²) in [5.41, 5.74) is -0.387. The fraction of sp³-hybridized carbons (Fsp3) is 0.500. The molecule has 1 aromatic carbocycles. The molecule has 0 atom stereocenters. The quantitative estimate of drug-likeness (QED) is 0.848. The number of hydrogen-bond acceptors (Lipinski definition) is 3. The van der Waals surface area contributed by atoms with Crippen LogP contribution in [0.2, 0.25) is 5.02 Å². The highest BCUT2D eigenvalue weighted by molar-refractivity contribution is 7.89. The van der Waals surface area contributed by atoms with Gasteiger partial charge in [0.2, 0.25) is 10.0 Å². The lowest BCUT2D eigenvalue weighted by molar-refractivity contribution is 0.0858. The molecule has 4 nitrogen and oxygen atoms in total. The Bertz CT molecular complexity index is 603. The van der Waals surface area contributed by atoms with Gasteiger partial charge in [-0.1, -0.05) is 39.3 Å². The Morgan fingerprint density at radius 1 is 1.30 bits per heavy atom. The smallest absolute Gasteiger partial charge is 0.240 e. The monoisotopic (exact) mass is 317 g/mol. The summed E-state index contributed by atoms with van der Waals surface area (Å²) < 4.78 is 26.6. The van der Waals surface area contributed by atoms with Crippen molar-refractivity contribution < 1.29 is 13.2 Å². The second kappa shape index (κ2) is 6.24. The van der Waals surface area contributed by atoms with E-state index in [0.29, 0.717) is 13.0 Å². The van der Waals surface area contributed by atoms with Crippen molar-refractivity contribution in [3.63, 3.8) is 0 Å². The molecule has 0 aromatic heterocycles. The molecule has 0 radical (unpaired) electrons. The van der Waals surface area contributed by atoms with Crippen molar-refractivity contribution in [1.29, 1.82) is 0 Å². The van der Waals surface area contributed by atoms with E-state index < -0.39 is 15.4 Å². The molecule has 0 aliphatic carbocycles. The number of halogens is 1. The van der Waals surface area contributed by atoms with Crippen LogP contribution >= 0.6 is 11.6 Å². The first-order valence-electron chi connectivity index (χ1n) is 6.43. The van der Waals surface area contributed by atoms with Crippen LogP contribution in [-0.2, 0) is 10.0 Å². The molecule has 0 spiro atoms. The van der Waals surface area contributed by atoms with E-state index in [4.69, 9.17) is 11.6 Å². The maximum atomic E-state index is 12.3. The number of ketones is 1. The number of carbonyl (C=O) groups is 1. The molecule has 20 heavy (non-hydrogen) atoms. The minimum absolute atomic E-state index is 0.0583. The van der Waals surface area contributed by atoms with Gasteiger partial charge >= 0.3 is 0 Å². The molecule has 0 amide bonds. The lowest BCUT2D eigenvalue weighted by Crippen LogP contribution is -2.25. The number of benzene rings is 1. The summed E-state index contributed by atoms with van der Waals surface area (Å²) in [6, 6.07) is 4.19. The van der Waals surface area contributed by atoms with Gasteiger partial charge in [0.1, 0.15) is 0 Å². The minimum Gasteiger partial charge on any atom is -0.294 e. The lowest BCUT2D eigenvalue weighted by Gasteiger charge is -2.18. The van der Waals surface area contributed by atoms with Crippen LogP contribution in [0.1, 0.15) is 44.5 Å². The zero-order valence-electron chi connectivity index (χ0n) is 12.2. The molecular formula is C14H20ClNO3S. The third-order valence-corrected chi connectivity index (χ3v) is 4.50. The largest absolute Gasteiger partial charge is 0.294 e. The zero-order valence-corrected chi connectivity index (χ0v) is 13.7. The van der Waals surface area contributed by atoms with Gasteiger partial charge in [0, 0.05) is 17.5 Å². The molecular weight excluding hydrogens is 298 g/mol. The van der Waals surface area contributed by atoms with Gasteiger partial charge in [0.25, 0.3) is 0 Å². The maximum absolute atomic E-state index is 12.3. The number of hydrogen-bond donors (Lipinski definition) is 1. The Kier molecular flexibility index (Phi) is 5.35. The summed E-state index contributed by atoms with van der Waals surface area (Å²) in [4.78, 5) is 12.3. The van der Waals surface area contributed by atoms with Crippen LogP contribution in [0, 0.1) is 5.41 Å². The van der Waals surface area contributed by atoms with Gasteiger partial charge in [-0.15, -0.1) is 0 Å². The number of Topliss-reactive ketones (excluding diaryl/α,β-unsaturated/α-hetero) is 1. The highest BCUT2D eigenvalue weighted by atomic mass is 35.5. The molecule has 112 valence electrons. The number of rotatable bonds is 5. The van der Waals surface area contributed by atoms with Crippen LogP contribution in [-0.4, -0.2) is 20.7 Å². The van der Waals surface area contributed by atoms with E-state index in [1.165, 1.54) is 18.2 Å². The summed E-state index contributed by atoms with van der Waals surface area (Å²) in [5.74, 6) is -0.185. The molecule has 0 heterocycles. The van der Waals surface area contributed by atoms with Crippen LogP contribution in [0.15, 0.2) is 23.1 Å². The molecule has 0 aliphatic rings. The predicted octanol–water partition coefficient (Wildman–Crippen LogP) is 3.26. The van der Waals surface area contributed by atoms with E-state index >= 15 is 0 Å². The molecule has 1 rings (SSSR count). The zero-order chi connectivity index (χ0) is 15.6. The van der Waals surface area contributed by atoms with E-state index in [0.717, 1.165) is 0 Å². The molecule has 0 saturated carbocycles. The summed E-state index contributed by atoms with van der Waals surface area (Å²) in [7, 11) is -3.60. The molecule has 1 aromatic rings. The Labute approximate surface area is 125 Å². The number of nitrogens with one attached hydrogen (secondary N) is 1. The molecule has 1 N–H and O–H groups in total. The molecule has 0 fully saturated rings. The first-order valence-corrected chi connectivity index (χ1v) is 8.29. The van der Waals surface area contributed by atoms with Gasteiger partial charge < -0.3 is 0 Å². The Morgan fingerprint density at radius 2 is 1.90 bits per heavy atom. The van der Waals surface area contributed by atoms with E-state index in [-0.39, 0.29) is 21.3 Å². The minimum atomic E-state index is -3.60. The summed E-state index contributed by atoms with van der Waals surface area (Å²) >= 11 is 6.02. The third kappa shape index (κ3) is 4.04. The van der Waals surface area contributed by atoms with Crippen LogP contribution in [0.5, 0.6) is 0 Å². The second-order valence-electron chi connectivity index (χ2n) is 5.62. The number of carbonyl (C=O) groups excluding carboxylic acids is 1. The first kappa shape index (κ1) is 17.1. The molecule has 0 bridgehead atoms. The summed E-state index contributed by atoms with van der Waals surface area (Å²) in [6.07, 6.45) is 0.695. The molecule has 6 heteroatoms. The van der Waals surface area contributed by atoms with Gasteiger partial charge in [-0.05, 0) is 24.6 Å². The van der Waals surface area contributed by atoms with E-state index in [1.54, 1.807) is 20.8 Å². The predicted molar refractivity (Wildman–Crippen MR) is 80.7 cm³/mol. The van der Waals surface area contributed by atoms with Crippen LogP contribution in [0.25, 0.3) is 0 Å². The van der Waals surface area contributed by atoms with Gasteiger partial charge in [-0.25, -0.2) is 13.1 Å². The second-order valence-corrected chi connectivity index (χ2v) is 7.79. The standard InChI is InChI=1S/C14H20ClNO3S/c1-5-8-16-20(18,19)10-6-7-12(15)11(9-10)13(17)14(2,3)4/h6-7,9,16H,5,8H2,1-4H3. The summed E-state index contributed by atoms with van der Waals surface area (Å²) in [5, 5.41) is 0.263. The molecule has 0 unspecified atom stereocenters. The SMILES string of the molecule is CCCNS(=O)(=O)c1ccc(Cl)c(C(=O)C(C)(C)C)c1. The first-order chi connectivity index (χ1) is 9.09. The third-order valence-electron chi connectivity index (χ3n) is 2.72. The lowest BCUT2D eigenvalue weighted by atomic mass is 9.86. The molecule has 0 saturated heterocycles. The van der Waals surface area contributed by atoms with Crippen molar-refractivity contribution >= 4 is 27.4 Å². The normalized spacial score (nSPS) is 12.4. The van der Waals surface area contributed by atoms with E-state index in [2.05, 4.69) is 4.72 Å². The van der Waals surface area contributed by atoms with Crippen LogP contribution < -0.4 is 4.72 Å². The maximum Gasteiger partial charge on any atom is 0.240 e. The molecule has 0 aliphatic heterocycles. The van der Waals surface area contributed by atoms with E-state index in [1.807, 2.05) is 6.92 Å². The van der Waals surface area contributed by atoms with Crippen molar-refractivity contribution in [2.24, 2.45) is 5.41 Å². The fourth-order valence-electron chi connectivity index (χ4n) is 1.57. The summed E-state index contributed by atoms with van der Waals surface area (Å²) in [6.45, 7) is 7.53. The average Bonchev–Trinajstić information content (AvgIpc) is 2.35. The van der Waals surface area contributed by atoms with Crippen molar-refractivity contribution in [3.8, 4) is 0 Å². The Balaban J connectivity index is 3.25. The van der Waals surface area contributed by atoms with Gasteiger partial charge in [-0.2, -0.15) is 0 Å². The number of sulfonamides is 1. The van der Waals surface area contributed by atoms with Gasteiger partial charge in [0.05, 0.1) is 9.92 Å². The van der Waals surface area contributed by atoms with Crippen LogP contribution in [0.3, 0.4) is 0 Å². The van der Waals surface area contributed by atoms with Gasteiger partial charge in [0.15, 0.2) is 5.78 Å². The van der Waals surface area contributed by atoms with Crippen molar-refractivity contribution in [3.05, 3.63) is 28.8 Å². The van der Waals surface area contributed by atoms with Crippen LogP contribution in [0.4, 0.5) is 0 Å². The highest BCUT2D eigenvalue weighted by Crippen LogP contribution is 2.28. The topological polar surface area (TPSA) is 63.2 Å². The Hall–Kier alpha value is -0.910. The van der Waals surface area contributed by atoms with E-state index in [9.17, 15) is 13.2 Å². The van der Waals surface area contributed by atoms with Crippen molar-refractivity contribution in [2.75, 3.05) is 6.54 Å². The van der Waals surface area contributed by atoms with Crippen molar-refractivity contribution in [2.45, 2.75) is 39.0 Å². The van der Waals surface area contributed by atoms with Gasteiger partial charge in [-0.3, -0.25) is 4.79 Å². The average molecular weight is 318 g/mol. The fourth-order valence-corrected chi connectivity index (χ4v) is 2.93. The Morgan fingerprint density at radius 3 is 2.40 bits per heavy atom.